The molecule has 6 heteroatoms. The predicted octanol–water partition coefficient (Wildman–Crippen LogP) is 1.93. The fraction of sp³-hybridized carbons (Fsp3) is 0.100. The van der Waals surface area contributed by atoms with Crippen LogP contribution in [0.4, 0.5) is 0 Å². The van der Waals surface area contributed by atoms with Crippen molar-refractivity contribution in [3.8, 4) is 0 Å². The molecule has 0 amide bonds. The zero-order chi connectivity index (χ0) is 18.2. The Morgan fingerprint density at radius 1 is 0.923 bits per heavy atom. The number of pyridine rings is 2. The number of ether oxygens (including phenoxy) is 1. The van der Waals surface area contributed by atoms with Crippen LogP contribution in [0.1, 0.15) is 21.5 Å². The quantitative estimate of drug-likeness (QED) is 0.233. The van der Waals surface area contributed by atoms with Crippen molar-refractivity contribution in [3.63, 3.8) is 0 Å². The van der Waals surface area contributed by atoms with E-state index in [1.165, 1.54) is 6.21 Å². The SMILES string of the molecule is O=C(c1ccccc1)c1ccc[n+](COC[n+]2ccc(/C=N\O)cc2)c1. The second-order valence-corrected chi connectivity index (χ2v) is 5.65. The third-order valence-corrected chi connectivity index (χ3v) is 3.76. The Morgan fingerprint density at radius 2 is 1.62 bits per heavy atom. The second-order valence-electron chi connectivity index (χ2n) is 5.65. The van der Waals surface area contributed by atoms with Crippen molar-refractivity contribution >= 4 is 12.0 Å². The van der Waals surface area contributed by atoms with Crippen molar-refractivity contribution in [2.45, 2.75) is 13.5 Å². The number of hydrogen-bond acceptors (Lipinski definition) is 4. The monoisotopic (exact) mass is 349 g/mol. The molecular weight excluding hydrogens is 330 g/mol. The number of carbonyl (C=O) groups is 1. The van der Waals surface area contributed by atoms with Gasteiger partial charge in [-0.25, -0.2) is 0 Å². The number of benzene rings is 1. The van der Waals surface area contributed by atoms with Crippen LogP contribution in [0.2, 0.25) is 0 Å². The van der Waals surface area contributed by atoms with Gasteiger partial charge in [0.25, 0.3) is 13.5 Å². The highest BCUT2D eigenvalue weighted by molar-refractivity contribution is 6.08. The van der Waals surface area contributed by atoms with Gasteiger partial charge in [-0.3, -0.25) is 9.53 Å². The van der Waals surface area contributed by atoms with E-state index in [4.69, 9.17) is 9.94 Å². The number of aromatic nitrogens is 2. The topological polar surface area (TPSA) is 66.7 Å². The van der Waals surface area contributed by atoms with E-state index in [-0.39, 0.29) is 5.78 Å². The molecule has 0 atom stereocenters. The summed E-state index contributed by atoms with van der Waals surface area (Å²) in [5.74, 6) is -0.0181. The Hall–Kier alpha value is -3.38. The average molecular weight is 349 g/mol. The zero-order valence-electron chi connectivity index (χ0n) is 14.1. The summed E-state index contributed by atoms with van der Waals surface area (Å²) in [6.45, 7) is 0.684. The highest BCUT2D eigenvalue weighted by atomic mass is 16.5. The Morgan fingerprint density at radius 3 is 2.35 bits per heavy atom. The molecule has 1 aromatic carbocycles. The van der Waals surface area contributed by atoms with Crippen LogP contribution >= 0.6 is 0 Å². The van der Waals surface area contributed by atoms with Gasteiger partial charge in [0.2, 0.25) is 0 Å². The van der Waals surface area contributed by atoms with Crippen LogP contribution in [0.3, 0.4) is 0 Å². The normalized spacial score (nSPS) is 10.9. The van der Waals surface area contributed by atoms with Gasteiger partial charge in [0, 0.05) is 29.3 Å². The zero-order valence-corrected chi connectivity index (χ0v) is 14.1. The molecule has 26 heavy (non-hydrogen) atoms. The van der Waals surface area contributed by atoms with E-state index in [0.717, 1.165) is 5.56 Å². The van der Waals surface area contributed by atoms with Crippen LogP contribution in [0.5, 0.6) is 0 Å². The van der Waals surface area contributed by atoms with E-state index in [1.807, 2.05) is 64.1 Å². The van der Waals surface area contributed by atoms with Crippen molar-refractivity contribution in [2.24, 2.45) is 5.16 Å². The highest BCUT2D eigenvalue weighted by Crippen LogP contribution is 2.07. The van der Waals surface area contributed by atoms with E-state index in [0.29, 0.717) is 24.6 Å². The first kappa shape index (κ1) is 17.4. The molecule has 0 saturated carbocycles. The number of nitrogens with zero attached hydrogens (tertiary/aromatic N) is 3. The first-order valence-electron chi connectivity index (χ1n) is 8.09. The number of hydrogen-bond donors (Lipinski definition) is 1. The Balaban J connectivity index is 1.59. The minimum atomic E-state index is -0.0181. The average Bonchev–Trinajstić information content (AvgIpc) is 2.70. The standard InChI is InChI=1S/C20H18N3O3/c24-20(18-5-2-1-3-6-18)19-7-4-10-23(14-19)16-26-15-22-11-8-17(9-12-22)13-21-25/h1-14H,15-16H2/q+1/p+1. The van der Waals surface area contributed by atoms with E-state index in [9.17, 15) is 4.79 Å². The largest absolute Gasteiger partial charge is 0.411 e. The molecule has 0 radical (unpaired) electrons. The molecule has 6 nitrogen and oxygen atoms in total. The Labute approximate surface area is 151 Å². The van der Waals surface area contributed by atoms with Gasteiger partial charge < -0.3 is 5.21 Å². The second kappa shape index (κ2) is 8.64. The molecule has 0 saturated heterocycles. The molecule has 2 aromatic heterocycles. The number of oxime groups is 1. The molecule has 0 fully saturated rings. The third kappa shape index (κ3) is 4.58. The van der Waals surface area contributed by atoms with Crippen molar-refractivity contribution in [2.75, 3.05) is 0 Å². The summed E-state index contributed by atoms with van der Waals surface area (Å²) in [5, 5.41) is 11.5. The molecular formula is C20H19N3O3+2. The lowest BCUT2D eigenvalue weighted by molar-refractivity contribution is -0.788. The van der Waals surface area contributed by atoms with Gasteiger partial charge in [0.1, 0.15) is 0 Å². The molecule has 0 spiro atoms. The lowest BCUT2D eigenvalue weighted by atomic mass is 10.1. The summed E-state index contributed by atoms with van der Waals surface area (Å²) < 4.78 is 9.36. The minimum absolute atomic E-state index is 0.0181. The maximum atomic E-state index is 12.5. The van der Waals surface area contributed by atoms with Crippen molar-refractivity contribution < 1.29 is 23.9 Å². The summed E-state index contributed by atoms with van der Waals surface area (Å²) in [5.41, 5.74) is 2.07. The number of carbonyl (C=O) groups excluding carboxylic acids is 1. The van der Waals surface area contributed by atoms with E-state index < -0.39 is 0 Å². The van der Waals surface area contributed by atoms with Crippen LogP contribution in [-0.4, -0.2) is 17.2 Å². The fourth-order valence-corrected chi connectivity index (χ4v) is 2.45. The van der Waals surface area contributed by atoms with Crippen molar-refractivity contribution in [3.05, 3.63) is 96.1 Å². The smallest absolute Gasteiger partial charge is 0.257 e. The third-order valence-electron chi connectivity index (χ3n) is 3.76. The maximum absolute atomic E-state index is 12.5. The maximum Gasteiger partial charge on any atom is 0.257 e. The molecule has 0 aliphatic heterocycles. The Bertz CT molecular complexity index is 894. The van der Waals surface area contributed by atoms with Gasteiger partial charge in [-0.2, -0.15) is 9.13 Å². The molecule has 0 aliphatic carbocycles. The van der Waals surface area contributed by atoms with E-state index >= 15 is 0 Å². The van der Waals surface area contributed by atoms with Crippen LogP contribution in [-0.2, 0) is 18.2 Å². The summed E-state index contributed by atoms with van der Waals surface area (Å²) in [6, 6.07) is 16.4. The summed E-state index contributed by atoms with van der Waals surface area (Å²) in [6.07, 6.45) is 8.65. The molecule has 0 aliphatic rings. The predicted molar refractivity (Wildman–Crippen MR) is 93.6 cm³/mol. The molecule has 130 valence electrons. The number of ketones is 1. The molecule has 3 rings (SSSR count). The highest BCUT2D eigenvalue weighted by Gasteiger charge is 2.13. The molecule has 0 unspecified atom stereocenters. The molecule has 1 N–H and O–H groups in total. The lowest BCUT2D eigenvalue weighted by Gasteiger charge is -2.01. The van der Waals surface area contributed by atoms with Gasteiger partial charge in [-0.15, -0.1) is 0 Å². The van der Waals surface area contributed by atoms with E-state index in [1.54, 1.807) is 24.4 Å². The van der Waals surface area contributed by atoms with Crippen LogP contribution in [0, 0.1) is 0 Å². The first-order valence-corrected chi connectivity index (χ1v) is 8.09. The first-order chi connectivity index (χ1) is 12.8. The fourth-order valence-electron chi connectivity index (χ4n) is 2.45. The van der Waals surface area contributed by atoms with Crippen molar-refractivity contribution in [1.82, 2.24) is 0 Å². The summed E-state index contributed by atoms with van der Waals surface area (Å²) in [4.78, 5) is 12.5. The van der Waals surface area contributed by atoms with Crippen LogP contribution in [0.15, 0.2) is 84.5 Å². The minimum Gasteiger partial charge on any atom is -0.411 e. The molecule has 2 heterocycles. The van der Waals surface area contributed by atoms with E-state index in [2.05, 4.69) is 5.16 Å². The van der Waals surface area contributed by atoms with Gasteiger partial charge >= 0.3 is 0 Å². The van der Waals surface area contributed by atoms with Gasteiger partial charge in [0.15, 0.2) is 30.6 Å². The Kier molecular flexibility index (Phi) is 5.80. The number of rotatable bonds is 7. The molecule has 3 aromatic rings. The summed E-state index contributed by atoms with van der Waals surface area (Å²) in [7, 11) is 0. The lowest BCUT2D eigenvalue weighted by Crippen LogP contribution is -2.40. The van der Waals surface area contributed by atoms with Crippen molar-refractivity contribution in [1.29, 1.82) is 0 Å². The summed E-state index contributed by atoms with van der Waals surface area (Å²) >= 11 is 0. The molecule has 0 bridgehead atoms. The van der Waals surface area contributed by atoms with Crippen LogP contribution in [0.25, 0.3) is 0 Å². The van der Waals surface area contributed by atoms with Crippen LogP contribution < -0.4 is 9.13 Å². The van der Waals surface area contributed by atoms with Gasteiger partial charge in [-0.05, 0) is 6.07 Å². The van der Waals surface area contributed by atoms with Gasteiger partial charge in [-0.1, -0.05) is 35.5 Å². The van der Waals surface area contributed by atoms with Gasteiger partial charge in [0.05, 0.1) is 11.8 Å².